The predicted octanol–water partition coefficient (Wildman–Crippen LogP) is 5.03. The van der Waals surface area contributed by atoms with Gasteiger partial charge in [-0.1, -0.05) is 11.6 Å². The van der Waals surface area contributed by atoms with Gasteiger partial charge in [-0.25, -0.2) is 4.98 Å². The fourth-order valence-corrected chi connectivity index (χ4v) is 3.86. The third-order valence-corrected chi connectivity index (χ3v) is 5.33. The van der Waals surface area contributed by atoms with Gasteiger partial charge in [0.2, 0.25) is 0 Å². The normalized spacial score (nSPS) is 10.9. The first-order chi connectivity index (χ1) is 13.1. The van der Waals surface area contributed by atoms with Gasteiger partial charge in [0.25, 0.3) is 5.91 Å². The maximum Gasteiger partial charge on any atom is 0.265 e. The molecule has 5 nitrogen and oxygen atoms in total. The first-order valence-electron chi connectivity index (χ1n) is 8.41. The van der Waals surface area contributed by atoms with Gasteiger partial charge in [0.1, 0.15) is 16.3 Å². The van der Waals surface area contributed by atoms with E-state index in [4.69, 9.17) is 9.47 Å². The van der Waals surface area contributed by atoms with E-state index in [0.29, 0.717) is 22.1 Å². The number of carbonyl (C=O) groups is 1. The van der Waals surface area contributed by atoms with E-state index in [1.165, 1.54) is 16.9 Å². The van der Waals surface area contributed by atoms with Crippen LogP contribution in [0.5, 0.6) is 11.5 Å². The van der Waals surface area contributed by atoms with Gasteiger partial charge in [0, 0.05) is 34.7 Å². The molecule has 0 fully saturated rings. The molecule has 0 unspecified atom stereocenters. The summed E-state index contributed by atoms with van der Waals surface area (Å²) in [7, 11) is 3.15. The molecule has 0 saturated heterocycles. The van der Waals surface area contributed by atoms with E-state index in [0.717, 1.165) is 21.1 Å². The van der Waals surface area contributed by atoms with Crippen molar-refractivity contribution in [3.05, 3.63) is 59.0 Å². The fraction of sp³-hybridized carbons (Fsp3) is 0.143. The van der Waals surface area contributed by atoms with E-state index < -0.39 is 0 Å². The van der Waals surface area contributed by atoms with Gasteiger partial charge in [0.15, 0.2) is 0 Å². The van der Waals surface area contributed by atoms with Crippen LogP contribution in [0.1, 0.15) is 15.2 Å². The van der Waals surface area contributed by atoms with E-state index in [1.54, 1.807) is 32.4 Å². The summed E-state index contributed by atoms with van der Waals surface area (Å²) < 4.78 is 10.5. The summed E-state index contributed by atoms with van der Waals surface area (Å²) in [5.74, 6) is 1.04. The molecule has 0 radical (unpaired) electrons. The highest BCUT2D eigenvalue weighted by Gasteiger charge is 2.13. The molecule has 2 aromatic heterocycles. The highest BCUT2D eigenvalue weighted by molar-refractivity contribution is 7.20. The first-order valence-corrected chi connectivity index (χ1v) is 9.23. The van der Waals surface area contributed by atoms with Crippen LogP contribution in [0.25, 0.3) is 21.1 Å². The van der Waals surface area contributed by atoms with Gasteiger partial charge >= 0.3 is 0 Å². The largest absolute Gasteiger partial charge is 0.497 e. The molecular formula is C21H18N2O3S. The van der Waals surface area contributed by atoms with E-state index in [1.807, 2.05) is 18.2 Å². The van der Waals surface area contributed by atoms with Crippen LogP contribution in [0.3, 0.4) is 0 Å². The molecule has 0 saturated carbocycles. The number of pyridine rings is 1. The van der Waals surface area contributed by atoms with Crippen molar-refractivity contribution in [2.24, 2.45) is 0 Å². The Bertz CT molecular complexity index is 1140. The monoisotopic (exact) mass is 378 g/mol. The van der Waals surface area contributed by atoms with Gasteiger partial charge in [-0.05, 0) is 31.2 Å². The van der Waals surface area contributed by atoms with Crippen molar-refractivity contribution in [1.29, 1.82) is 0 Å². The summed E-state index contributed by atoms with van der Waals surface area (Å²) in [4.78, 5) is 18.9. The standard InChI is InChI=1S/C21H18N2O3S/c1-12-4-5-18-13(6-12)7-14-8-19(27-21(14)23-18)20(24)22-15-9-16(25-2)11-17(10-15)26-3/h4-11H,1-3H3,(H,22,24). The van der Waals surface area contributed by atoms with Gasteiger partial charge in [0.05, 0.1) is 24.6 Å². The number of rotatable bonds is 4. The van der Waals surface area contributed by atoms with Crippen LogP contribution < -0.4 is 14.8 Å². The fourth-order valence-electron chi connectivity index (χ4n) is 2.94. The van der Waals surface area contributed by atoms with E-state index in [2.05, 4.69) is 29.4 Å². The van der Waals surface area contributed by atoms with Gasteiger partial charge in [-0.2, -0.15) is 0 Å². The van der Waals surface area contributed by atoms with Crippen LogP contribution in [0.15, 0.2) is 48.5 Å². The molecule has 0 bridgehead atoms. The van der Waals surface area contributed by atoms with Crippen LogP contribution in [0, 0.1) is 6.92 Å². The van der Waals surface area contributed by atoms with Crippen LogP contribution in [0.4, 0.5) is 5.69 Å². The molecule has 2 aromatic carbocycles. The van der Waals surface area contributed by atoms with Crippen LogP contribution in [0.2, 0.25) is 0 Å². The van der Waals surface area contributed by atoms with E-state index in [-0.39, 0.29) is 5.91 Å². The number of methoxy groups -OCH3 is 2. The Morgan fingerprint density at radius 1 is 0.963 bits per heavy atom. The second-order valence-electron chi connectivity index (χ2n) is 6.25. The minimum absolute atomic E-state index is 0.187. The molecule has 4 rings (SSSR count). The van der Waals surface area contributed by atoms with Gasteiger partial charge < -0.3 is 14.8 Å². The third kappa shape index (κ3) is 3.44. The molecule has 27 heavy (non-hydrogen) atoms. The summed E-state index contributed by atoms with van der Waals surface area (Å²) in [5, 5.41) is 4.94. The number of hydrogen-bond donors (Lipinski definition) is 1. The number of fused-ring (bicyclic) bond motifs is 2. The molecule has 2 heterocycles. The van der Waals surface area contributed by atoms with Gasteiger partial charge in [-0.3, -0.25) is 4.79 Å². The Morgan fingerprint density at radius 2 is 1.70 bits per heavy atom. The maximum absolute atomic E-state index is 12.7. The maximum atomic E-state index is 12.7. The number of thiophene rings is 1. The summed E-state index contributed by atoms with van der Waals surface area (Å²) in [6.07, 6.45) is 0. The topological polar surface area (TPSA) is 60.5 Å². The zero-order valence-corrected chi connectivity index (χ0v) is 16.0. The van der Waals surface area contributed by atoms with Crippen molar-refractivity contribution >= 4 is 44.1 Å². The smallest absolute Gasteiger partial charge is 0.265 e. The number of nitrogens with one attached hydrogen (secondary N) is 1. The highest BCUT2D eigenvalue weighted by atomic mass is 32.1. The molecule has 0 aliphatic carbocycles. The number of anilines is 1. The Hall–Kier alpha value is -3.12. The summed E-state index contributed by atoms with van der Waals surface area (Å²) >= 11 is 1.38. The summed E-state index contributed by atoms with van der Waals surface area (Å²) in [6, 6.07) is 15.4. The molecule has 6 heteroatoms. The lowest BCUT2D eigenvalue weighted by atomic mass is 10.1. The number of ether oxygens (including phenoxy) is 2. The molecular weight excluding hydrogens is 360 g/mol. The van der Waals surface area contributed by atoms with Crippen LogP contribution in [-0.4, -0.2) is 25.1 Å². The second kappa shape index (κ2) is 6.89. The quantitative estimate of drug-likeness (QED) is 0.541. The third-order valence-electron chi connectivity index (χ3n) is 4.29. The first kappa shape index (κ1) is 17.3. The average Bonchev–Trinajstić information content (AvgIpc) is 3.08. The molecule has 1 amide bonds. The molecule has 0 spiro atoms. The number of aryl methyl sites for hydroxylation is 1. The Morgan fingerprint density at radius 3 is 2.41 bits per heavy atom. The minimum atomic E-state index is -0.187. The summed E-state index contributed by atoms with van der Waals surface area (Å²) in [5.41, 5.74) is 2.73. The highest BCUT2D eigenvalue weighted by Crippen LogP contribution is 2.30. The number of amides is 1. The number of aromatic nitrogens is 1. The van der Waals surface area contributed by atoms with E-state index in [9.17, 15) is 4.79 Å². The zero-order valence-electron chi connectivity index (χ0n) is 15.2. The number of carbonyl (C=O) groups excluding carboxylic acids is 1. The predicted molar refractivity (Wildman–Crippen MR) is 109 cm³/mol. The lowest BCUT2D eigenvalue weighted by Crippen LogP contribution is -2.10. The van der Waals surface area contributed by atoms with Crippen molar-refractivity contribution in [2.45, 2.75) is 6.92 Å². The van der Waals surface area contributed by atoms with Crippen molar-refractivity contribution in [3.63, 3.8) is 0 Å². The molecule has 4 aromatic rings. The van der Waals surface area contributed by atoms with Crippen molar-refractivity contribution in [1.82, 2.24) is 4.98 Å². The number of nitrogens with zero attached hydrogens (tertiary/aromatic N) is 1. The molecule has 0 aliphatic heterocycles. The zero-order chi connectivity index (χ0) is 19.0. The summed E-state index contributed by atoms with van der Waals surface area (Å²) in [6.45, 7) is 2.05. The molecule has 1 N–H and O–H groups in total. The van der Waals surface area contributed by atoms with Crippen molar-refractivity contribution in [3.8, 4) is 11.5 Å². The van der Waals surface area contributed by atoms with Crippen LogP contribution in [-0.2, 0) is 0 Å². The Balaban J connectivity index is 1.67. The van der Waals surface area contributed by atoms with Crippen molar-refractivity contribution in [2.75, 3.05) is 19.5 Å². The van der Waals surface area contributed by atoms with E-state index >= 15 is 0 Å². The average molecular weight is 378 g/mol. The number of benzene rings is 2. The minimum Gasteiger partial charge on any atom is -0.497 e. The lowest BCUT2D eigenvalue weighted by Gasteiger charge is -2.09. The molecule has 0 atom stereocenters. The Labute approximate surface area is 160 Å². The number of hydrogen-bond acceptors (Lipinski definition) is 5. The molecule has 136 valence electrons. The second-order valence-corrected chi connectivity index (χ2v) is 7.28. The SMILES string of the molecule is COc1cc(NC(=O)c2cc3cc4cc(C)ccc4nc3s2)cc(OC)c1. The Kier molecular flexibility index (Phi) is 4.41. The van der Waals surface area contributed by atoms with Crippen LogP contribution >= 0.6 is 11.3 Å². The van der Waals surface area contributed by atoms with Gasteiger partial charge in [-0.15, -0.1) is 11.3 Å². The molecule has 0 aliphatic rings. The lowest BCUT2D eigenvalue weighted by molar-refractivity contribution is 0.103. The van der Waals surface area contributed by atoms with Crippen molar-refractivity contribution < 1.29 is 14.3 Å².